The molecule has 9 nitrogen and oxygen atoms in total. The number of aromatic nitrogens is 5. The van der Waals surface area contributed by atoms with Crippen LogP contribution < -0.4 is 5.56 Å². The Hall–Kier alpha value is -4.84. The predicted molar refractivity (Wildman–Crippen MR) is 190 cm³/mol. The van der Waals surface area contributed by atoms with E-state index < -0.39 is 52.9 Å². The van der Waals surface area contributed by atoms with Gasteiger partial charge in [0.2, 0.25) is 0 Å². The molecule has 7 rings (SSSR count). The summed E-state index contributed by atoms with van der Waals surface area (Å²) >= 11 is 6.46. The van der Waals surface area contributed by atoms with Crippen LogP contribution in [-0.4, -0.2) is 54.2 Å². The number of ketones is 1. The van der Waals surface area contributed by atoms with Crippen LogP contribution in [0.15, 0.2) is 47.3 Å². The minimum atomic E-state index is -4.69. The second-order valence-electron chi connectivity index (χ2n) is 13.9. The van der Waals surface area contributed by atoms with E-state index in [0.29, 0.717) is 54.8 Å². The van der Waals surface area contributed by atoms with Gasteiger partial charge in [0.05, 0.1) is 41.4 Å². The number of alkyl halides is 3. The molecule has 282 valence electrons. The van der Waals surface area contributed by atoms with E-state index in [-0.39, 0.29) is 65.0 Å². The molecule has 1 aliphatic heterocycles. The summed E-state index contributed by atoms with van der Waals surface area (Å²) in [6.45, 7) is 0.181. The van der Waals surface area contributed by atoms with Gasteiger partial charge in [-0.3, -0.25) is 24.1 Å². The highest BCUT2D eigenvalue weighted by atomic mass is 35.5. The first-order valence-corrected chi connectivity index (χ1v) is 17.9. The fourth-order valence-electron chi connectivity index (χ4n) is 7.52. The van der Waals surface area contributed by atoms with Gasteiger partial charge in [0.1, 0.15) is 22.9 Å². The van der Waals surface area contributed by atoms with E-state index in [4.69, 9.17) is 21.3 Å². The number of benzene rings is 2. The Bertz CT molecular complexity index is 2360. The molecule has 1 fully saturated rings. The molecule has 3 aromatic heterocycles. The zero-order valence-electron chi connectivity index (χ0n) is 29.1. The van der Waals surface area contributed by atoms with Crippen molar-refractivity contribution in [2.45, 2.75) is 75.6 Å². The smallest absolute Gasteiger partial charge is 0.381 e. The molecule has 0 radical (unpaired) electrons. The van der Waals surface area contributed by atoms with Gasteiger partial charge in [-0.05, 0) is 73.9 Å². The molecule has 2 aliphatic rings. The zero-order valence-corrected chi connectivity index (χ0v) is 29.9. The van der Waals surface area contributed by atoms with Crippen LogP contribution in [0.2, 0.25) is 5.02 Å². The number of Topliss-reactive ketones (excluding diaryl/α,β-unsaturated/α-hetero) is 1. The third kappa shape index (κ3) is 7.71. The lowest BCUT2D eigenvalue weighted by molar-refractivity contribution is -0.142. The summed E-state index contributed by atoms with van der Waals surface area (Å²) in [7, 11) is 1.63. The number of pyridine rings is 1. The van der Waals surface area contributed by atoms with E-state index in [1.54, 1.807) is 31.3 Å². The lowest BCUT2D eigenvalue weighted by Crippen LogP contribution is -2.34. The number of aromatic amines is 1. The fourth-order valence-corrected chi connectivity index (χ4v) is 7.76. The van der Waals surface area contributed by atoms with Crippen molar-refractivity contribution in [3.05, 3.63) is 103 Å². The maximum absolute atomic E-state index is 14.5. The molecule has 2 aromatic carbocycles. The molecule has 1 saturated heterocycles. The van der Waals surface area contributed by atoms with E-state index in [2.05, 4.69) is 22.0 Å². The van der Waals surface area contributed by atoms with Gasteiger partial charge in [-0.15, -0.1) is 0 Å². The Morgan fingerprint density at radius 3 is 2.50 bits per heavy atom. The Kier molecular flexibility index (Phi) is 10.2. The fraction of sp³-hybridized carbons (Fsp3) is 0.385. The molecule has 1 atom stereocenters. The number of aliphatic hydroxyl groups is 1. The molecule has 4 heterocycles. The second kappa shape index (κ2) is 14.8. The first kappa shape index (κ1) is 37.5. The Balaban J connectivity index is 1.36. The highest BCUT2D eigenvalue weighted by molar-refractivity contribution is 6.35. The van der Waals surface area contributed by atoms with Crippen molar-refractivity contribution in [2.75, 3.05) is 13.2 Å². The van der Waals surface area contributed by atoms with E-state index in [0.717, 1.165) is 22.9 Å². The van der Waals surface area contributed by atoms with Crippen molar-refractivity contribution in [3.8, 4) is 23.0 Å². The van der Waals surface area contributed by atoms with Gasteiger partial charge in [0.15, 0.2) is 11.5 Å². The van der Waals surface area contributed by atoms with Crippen molar-refractivity contribution in [2.24, 2.45) is 7.05 Å². The maximum atomic E-state index is 14.5. The summed E-state index contributed by atoms with van der Waals surface area (Å²) in [5, 5.41) is 18.0. The molecule has 0 unspecified atom stereocenters. The topological polar surface area (TPSA) is 115 Å². The summed E-state index contributed by atoms with van der Waals surface area (Å²) in [6, 6.07) is 9.55. The standard InChI is InChI=1S/C39H35ClF5N5O4/c1-49-35-29(8-9-31(40)33(35)37(52)48-49)28-7-6-26(10-11-38(53)12-14-54-15-13-38)46-34(28)23(16-22-17-24(41)20-25(42)18-22)19-27(51)21-50-32-5-3-2-4-30(32)36(47-50)39(43,44)45/h6-9,17-18,20,23,53H,2-5,12-16,19,21H2,1H3,(H,48,52)/t23-/m1/s1. The number of fused-ring (bicyclic) bond motifs is 2. The van der Waals surface area contributed by atoms with Crippen molar-refractivity contribution in [1.82, 2.24) is 24.5 Å². The number of rotatable bonds is 8. The molecule has 54 heavy (non-hydrogen) atoms. The molecule has 0 amide bonds. The molecule has 15 heteroatoms. The lowest BCUT2D eigenvalue weighted by Gasteiger charge is -2.26. The van der Waals surface area contributed by atoms with Gasteiger partial charge in [-0.1, -0.05) is 23.6 Å². The number of ether oxygens (including phenoxy) is 1. The zero-order chi connectivity index (χ0) is 38.4. The van der Waals surface area contributed by atoms with E-state index in [1.165, 1.54) is 4.68 Å². The van der Waals surface area contributed by atoms with E-state index in [9.17, 15) is 36.6 Å². The summed E-state index contributed by atoms with van der Waals surface area (Å²) in [5.74, 6) is 2.77. The van der Waals surface area contributed by atoms with Crippen LogP contribution in [0, 0.1) is 23.5 Å². The molecular formula is C39H35ClF5N5O4. The summed E-state index contributed by atoms with van der Waals surface area (Å²) < 4.78 is 79.0. The minimum absolute atomic E-state index is 0.0959. The molecular weight excluding hydrogens is 733 g/mol. The van der Waals surface area contributed by atoms with Crippen LogP contribution in [0.25, 0.3) is 22.0 Å². The number of carbonyl (C=O) groups is 1. The maximum Gasteiger partial charge on any atom is 0.435 e. The van der Waals surface area contributed by atoms with Crippen molar-refractivity contribution in [1.29, 1.82) is 0 Å². The molecule has 0 saturated carbocycles. The third-order valence-corrected chi connectivity index (χ3v) is 10.3. The van der Waals surface area contributed by atoms with Crippen molar-refractivity contribution in [3.63, 3.8) is 0 Å². The highest BCUT2D eigenvalue weighted by Crippen LogP contribution is 2.39. The van der Waals surface area contributed by atoms with Gasteiger partial charge in [-0.2, -0.15) is 18.3 Å². The predicted octanol–water partition coefficient (Wildman–Crippen LogP) is 6.83. The first-order valence-electron chi connectivity index (χ1n) is 17.5. The number of hydrogen-bond acceptors (Lipinski definition) is 6. The monoisotopic (exact) mass is 767 g/mol. The Morgan fingerprint density at radius 2 is 1.78 bits per heavy atom. The second-order valence-corrected chi connectivity index (χ2v) is 14.3. The average Bonchev–Trinajstić information content (AvgIpc) is 3.64. The summed E-state index contributed by atoms with van der Waals surface area (Å²) in [6.07, 6.45) is -2.78. The van der Waals surface area contributed by atoms with Crippen molar-refractivity contribution < 1.29 is 36.6 Å². The number of nitrogens with zero attached hydrogens (tertiary/aromatic N) is 4. The van der Waals surface area contributed by atoms with Crippen LogP contribution in [-0.2, 0) is 48.6 Å². The van der Waals surface area contributed by atoms with Gasteiger partial charge < -0.3 is 9.84 Å². The van der Waals surface area contributed by atoms with Gasteiger partial charge in [0, 0.05) is 60.7 Å². The van der Waals surface area contributed by atoms with Crippen LogP contribution in [0.5, 0.6) is 0 Å². The molecule has 0 bridgehead atoms. The number of halogens is 6. The molecule has 5 aromatic rings. The van der Waals surface area contributed by atoms with Crippen LogP contribution >= 0.6 is 11.6 Å². The van der Waals surface area contributed by atoms with Gasteiger partial charge in [-0.25, -0.2) is 13.8 Å². The highest BCUT2D eigenvalue weighted by Gasteiger charge is 2.40. The Labute approximate surface area is 311 Å². The largest absolute Gasteiger partial charge is 0.435 e. The average molecular weight is 768 g/mol. The van der Waals surface area contributed by atoms with Gasteiger partial charge >= 0.3 is 6.18 Å². The molecule has 2 N–H and O–H groups in total. The number of aryl methyl sites for hydroxylation is 1. The van der Waals surface area contributed by atoms with Crippen LogP contribution in [0.4, 0.5) is 22.0 Å². The van der Waals surface area contributed by atoms with Crippen molar-refractivity contribution >= 4 is 28.3 Å². The molecule has 1 aliphatic carbocycles. The SMILES string of the molecule is Cn1[nH]c(=O)c2c(Cl)ccc(-c3ccc(C#CC4(O)CCOCC4)nc3[C@@H](CC(=O)Cn3nc(C(F)(F)F)c4c3CCCC4)Cc3cc(F)cc(F)c3)c21. The van der Waals surface area contributed by atoms with E-state index in [1.807, 2.05) is 0 Å². The molecule has 0 spiro atoms. The number of carbonyl (C=O) groups excluding carboxylic acids is 1. The summed E-state index contributed by atoms with van der Waals surface area (Å²) in [5.41, 5.74) is -0.222. The Morgan fingerprint density at radius 1 is 1.07 bits per heavy atom. The number of nitrogens with one attached hydrogen (secondary N) is 1. The van der Waals surface area contributed by atoms with E-state index >= 15 is 0 Å². The first-order chi connectivity index (χ1) is 25.7. The minimum Gasteiger partial charge on any atom is -0.381 e. The summed E-state index contributed by atoms with van der Waals surface area (Å²) in [4.78, 5) is 31.8. The normalized spacial score (nSPS) is 16.1. The van der Waals surface area contributed by atoms with Gasteiger partial charge in [0.25, 0.3) is 5.56 Å². The van der Waals surface area contributed by atoms with Crippen LogP contribution in [0.1, 0.15) is 71.9 Å². The third-order valence-electron chi connectivity index (χ3n) is 10.0. The van der Waals surface area contributed by atoms with Crippen LogP contribution in [0.3, 0.4) is 0 Å². The quantitative estimate of drug-likeness (QED) is 0.132. The number of hydrogen-bond donors (Lipinski definition) is 2. The number of H-pyrrole nitrogens is 1. The lowest BCUT2D eigenvalue weighted by atomic mass is 9.86.